The van der Waals surface area contributed by atoms with Crippen LogP contribution in [0.3, 0.4) is 0 Å². The molecule has 0 radical (unpaired) electrons. The molecule has 1 fully saturated rings. The van der Waals surface area contributed by atoms with E-state index in [1.54, 1.807) is 32.9 Å². The number of carbonyl (C=O) groups is 3. The first-order chi connectivity index (χ1) is 12.0. The summed E-state index contributed by atoms with van der Waals surface area (Å²) in [4.78, 5) is 38.5. The lowest BCUT2D eigenvalue weighted by Crippen LogP contribution is -2.40. The van der Waals surface area contributed by atoms with Crippen molar-refractivity contribution < 1.29 is 27.9 Å². The van der Waals surface area contributed by atoms with E-state index in [4.69, 9.17) is 4.74 Å². The summed E-state index contributed by atoms with van der Waals surface area (Å²) in [5.41, 5.74) is -0.377. The Kier molecular flexibility index (Phi) is 4.24. The smallest absolute Gasteiger partial charge is 0.410 e. The van der Waals surface area contributed by atoms with Gasteiger partial charge in [0.15, 0.2) is 0 Å². The van der Waals surface area contributed by atoms with Crippen LogP contribution in [0.2, 0.25) is 0 Å². The van der Waals surface area contributed by atoms with E-state index in [1.165, 1.54) is 12.1 Å². The third-order valence-corrected chi connectivity index (χ3v) is 4.37. The highest BCUT2D eigenvalue weighted by atomic mass is 19.3. The van der Waals surface area contributed by atoms with Crippen LogP contribution in [0.1, 0.15) is 41.5 Å². The van der Waals surface area contributed by atoms with Crippen molar-refractivity contribution in [3.05, 3.63) is 35.4 Å². The normalized spacial score (nSPS) is 22.0. The van der Waals surface area contributed by atoms with Gasteiger partial charge in [-0.2, -0.15) is 0 Å². The van der Waals surface area contributed by atoms with Crippen LogP contribution >= 0.6 is 0 Å². The van der Waals surface area contributed by atoms with Gasteiger partial charge in [-0.3, -0.25) is 14.5 Å². The maximum atomic E-state index is 14.4. The molecule has 1 aromatic carbocycles. The number of carbonyl (C=O) groups excluding carboxylic acids is 3. The Bertz CT molecular complexity index is 738. The highest BCUT2D eigenvalue weighted by Crippen LogP contribution is 2.36. The SMILES string of the molecule is CC(C)(C)OC(=O)N1C[C@@H](CN2C(=O)c3ccccc3C2=O)C(F)(F)C1. The Balaban J connectivity index is 1.73. The van der Waals surface area contributed by atoms with Crippen molar-refractivity contribution in [3.63, 3.8) is 0 Å². The summed E-state index contributed by atoms with van der Waals surface area (Å²) in [6, 6.07) is 6.22. The Morgan fingerprint density at radius 3 is 2.23 bits per heavy atom. The van der Waals surface area contributed by atoms with Crippen molar-refractivity contribution in [2.75, 3.05) is 19.6 Å². The summed E-state index contributed by atoms with van der Waals surface area (Å²) >= 11 is 0. The molecule has 6 nitrogen and oxygen atoms in total. The van der Waals surface area contributed by atoms with Crippen LogP contribution in [-0.2, 0) is 4.74 Å². The Labute approximate surface area is 149 Å². The zero-order valence-corrected chi connectivity index (χ0v) is 14.8. The molecule has 2 aliphatic heterocycles. The maximum Gasteiger partial charge on any atom is 0.410 e. The van der Waals surface area contributed by atoms with Gasteiger partial charge < -0.3 is 9.64 Å². The fraction of sp³-hybridized carbons (Fsp3) is 0.500. The third kappa shape index (κ3) is 3.27. The van der Waals surface area contributed by atoms with Gasteiger partial charge in [0.1, 0.15) is 5.60 Å². The largest absolute Gasteiger partial charge is 0.444 e. The molecular formula is C18H20F2N2O4. The molecular weight excluding hydrogens is 346 g/mol. The number of imide groups is 1. The monoisotopic (exact) mass is 366 g/mol. The van der Waals surface area contributed by atoms with Crippen molar-refractivity contribution >= 4 is 17.9 Å². The van der Waals surface area contributed by atoms with E-state index in [9.17, 15) is 23.2 Å². The molecule has 2 aliphatic rings. The van der Waals surface area contributed by atoms with Crippen LogP contribution in [0.25, 0.3) is 0 Å². The number of likely N-dealkylation sites (tertiary alicyclic amines) is 1. The Hall–Kier alpha value is -2.51. The number of rotatable bonds is 2. The van der Waals surface area contributed by atoms with Crippen LogP contribution in [0, 0.1) is 5.92 Å². The summed E-state index contributed by atoms with van der Waals surface area (Å²) in [6.45, 7) is 3.42. The van der Waals surface area contributed by atoms with E-state index in [0.717, 1.165) is 9.80 Å². The molecule has 1 saturated heterocycles. The van der Waals surface area contributed by atoms with E-state index < -0.39 is 48.4 Å². The van der Waals surface area contributed by atoms with Gasteiger partial charge in [0.2, 0.25) is 0 Å². The van der Waals surface area contributed by atoms with Crippen molar-refractivity contribution in [1.29, 1.82) is 0 Å². The van der Waals surface area contributed by atoms with Gasteiger partial charge in [-0.05, 0) is 32.9 Å². The molecule has 140 valence electrons. The number of fused-ring (bicyclic) bond motifs is 1. The summed E-state index contributed by atoms with van der Waals surface area (Å²) in [5, 5.41) is 0. The topological polar surface area (TPSA) is 66.9 Å². The highest BCUT2D eigenvalue weighted by Gasteiger charge is 2.52. The second-order valence-electron chi connectivity index (χ2n) is 7.59. The van der Waals surface area contributed by atoms with Crippen LogP contribution in [0.4, 0.5) is 13.6 Å². The first-order valence-corrected chi connectivity index (χ1v) is 8.30. The van der Waals surface area contributed by atoms with Crippen molar-refractivity contribution in [2.24, 2.45) is 5.92 Å². The number of nitrogens with zero attached hydrogens (tertiary/aromatic N) is 2. The maximum absolute atomic E-state index is 14.4. The number of benzene rings is 1. The van der Waals surface area contributed by atoms with Crippen LogP contribution in [0.15, 0.2) is 24.3 Å². The molecule has 0 bridgehead atoms. The van der Waals surface area contributed by atoms with Gasteiger partial charge >= 0.3 is 6.09 Å². The molecule has 1 atom stereocenters. The van der Waals surface area contributed by atoms with E-state index in [0.29, 0.717) is 0 Å². The minimum Gasteiger partial charge on any atom is -0.444 e. The van der Waals surface area contributed by atoms with Crippen molar-refractivity contribution in [1.82, 2.24) is 9.80 Å². The molecule has 0 saturated carbocycles. The van der Waals surface area contributed by atoms with Gasteiger partial charge in [0.05, 0.1) is 23.6 Å². The number of ether oxygens (including phenoxy) is 1. The standard InChI is InChI=1S/C18H20F2N2O4/c1-17(2,3)26-16(25)21-8-11(18(19,20)10-21)9-22-14(23)12-6-4-5-7-13(12)15(22)24/h4-7,11H,8-10H2,1-3H3/t11-/m0/s1. The second kappa shape index (κ2) is 6.03. The average molecular weight is 366 g/mol. The van der Waals surface area contributed by atoms with Crippen LogP contribution in [0.5, 0.6) is 0 Å². The molecule has 8 heteroatoms. The fourth-order valence-corrected chi connectivity index (χ4v) is 3.13. The molecule has 0 spiro atoms. The van der Waals surface area contributed by atoms with Crippen molar-refractivity contribution in [3.8, 4) is 0 Å². The summed E-state index contributed by atoms with van der Waals surface area (Å²) in [5.74, 6) is -5.72. The minimum absolute atomic E-state index is 0.211. The van der Waals surface area contributed by atoms with Crippen LogP contribution < -0.4 is 0 Å². The molecule has 3 amide bonds. The van der Waals surface area contributed by atoms with E-state index in [-0.39, 0.29) is 17.7 Å². The molecule has 0 aromatic heterocycles. The third-order valence-electron chi connectivity index (χ3n) is 4.37. The highest BCUT2D eigenvalue weighted by molar-refractivity contribution is 6.21. The lowest BCUT2D eigenvalue weighted by molar-refractivity contribution is -0.0348. The number of halogens is 2. The van der Waals surface area contributed by atoms with E-state index in [2.05, 4.69) is 0 Å². The van der Waals surface area contributed by atoms with E-state index >= 15 is 0 Å². The number of alkyl halides is 2. The lowest BCUT2D eigenvalue weighted by Gasteiger charge is -2.24. The van der Waals surface area contributed by atoms with Gasteiger partial charge in [-0.25, -0.2) is 13.6 Å². The predicted octanol–water partition coefficient (Wildman–Crippen LogP) is 2.78. The molecule has 1 aromatic rings. The summed E-state index contributed by atoms with van der Waals surface area (Å²) in [6.07, 6.45) is -0.831. The van der Waals surface area contributed by atoms with Gasteiger partial charge in [-0.15, -0.1) is 0 Å². The Morgan fingerprint density at radius 2 is 1.73 bits per heavy atom. The number of amides is 3. The zero-order valence-electron chi connectivity index (χ0n) is 14.8. The predicted molar refractivity (Wildman–Crippen MR) is 88.1 cm³/mol. The molecule has 0 N–H and O–H groups in total. The van der Waals surface area contributed by atoms with Crippen LogP contribution in [-0.4, -0.2) is 58.9 Å². The summed E-state index contributed by atoms with van der Waals surface area (Å²) in [7, 11) is 0. The minimum atomic E-state index is -3.22. The summed E-state index contributed by atoms with van der Waals surface area (Å²) < 4.78 is 33.9. The lowest BCUT2D eigenvalue weighted by atomic mass is 10.0. The molecule has 0 unspecified atom stereocenters. The Morgan fingerprint density at radius 1 is 1.19 bits per heavy atom. The first kappa shape index (κ1) is 18.3. The van der Waals surface area contributed by atoms with Gasteiger partial charge in [0.25, 0.3) is 17.7 Å². The zero-order chi connectivity index (χ0) is 19.3. The second-order valence-corrected chi connectivity index (χ2v) is 7.59. The van der Waals surface area contributed by atoms with Crippen molar-refractivity contribution in [2.45, 2.75) is 32.3 Å². The molecule has 0 aliphatic carbocycles. The van der Waals surface area contributed by atoms with Gasteiger partial charge in [0, 0.05) is 13.1 Å². The molecule has 3 rings (SSSR count). The van der Waals surface area contributed by atoms with Gasteiger partial charge in [-0.1, -0.05) is 12.1 Å². The average Bonchev–Trinajstić information content (AvgIpc) is 2.96. The first-order valence-electron chi connectivity index (χ1n) is 8.30. The number of hydrogen-bond acceptors (Lipinski definition) is 4. The number of hydrogen-bond donors (Lipinski definition) is 0. The van der Waals surface area contributed by atoms with E-state index in [1.807, 2.05) is 0 Å². The fourth-order valence-electron chi connectivity index (χ4n) is 3.13. The molecule has 26 heavy (non-hydrogen) atoms. The molecule has 2 heterocycles. The quantitative estimate of drug-likeness (QED) is 0.755.